The minimum Gasteiger partial charge on any atom is -0.480 e. The molecule has 1 aliphatic rings. The molecule has 0 saturated heterocycles. The van der Waals surface area contributed by atoms with Crippen molar-refractivity contribution in [2.45, 2.75) is 31.4 Å². The van der Waals surface area contributed by atoms with Crippen molar-refractivity contribution in [1.82, 2.24) is 19.7 Å². The van der Waals surface area contributed by atoms with E-state index in [-0.39, 0.29) is 28.8 Å². The van der Waals surface area contributed by atoms with Crippen molar-refractivity contribution in [3.05, 3.63) is 34.5 Å². The number of hydrogen-bond donors (Lipinski definition) is 3. The summed E-state index contributed by atoms with van der Waals surface area (Å²) in [6.07, 6.45) is -5.87. The van der Waals surface area contributed by atoms with Crippen LogP contribution in [0.5, 0.6) is 0 Å². The van der Waals surface area contributed by atoms with Crippen molar-refractivity contribution in [2.24, 2.45) is 0 Å². The van der Waals surface area contributed by atoms with Crippen LogP contribution in [0.25, 0.3) is 16.9 Å². The lowest BCUT2D eigenvalue weighted by atomic mass is 9.85. The number of nitrogen functional groups attached to an aromatic ring is 1. The molecule has 1 unspecified atom stereocenters. The van der Waals surface area contributed by atoms with Crippen LogP contribution >= 0.6 is 11.6 Å². The predicted octanol–water partition coefficient (Wildman–Crippen LogP) is 2.84. The first-order valence-electron chi connectivity index (χ1n) is 8.89. The number of rotatable bonds is 4. The molecule has 162 valence electrons. The predicted molar refractivity (Wildman–Crippen MR) is 104 cm³/mol. The Kier molecular flexibility index (Phi) is 4.58. The molecule has 3 aromatic rings. The first kappa shape index (κ1) is 20.8. The highest BCUT2D eigenvalue weighted by Gasteiger charge is 2.52. The Labute approximate surface area is 177 Å². The maximum atomic E-state index is 12.7. The van der Waals surface area contributed by atoms with Crippen molar-refractivity contribution in [3.63, 3.8) is 0 Å². The molecular weight excluding hydrogens is 441 g/mol. The van der Waals surface area contributed by atoms with Gasteiger partial charge >= 0.3 is 12.1 Å². The molecule has 1 amide bonds. The van der Waals surface area contributed by atoms with Gasteiger partial charge in [0.2, 0.25) is 5.91 Å². The Morgan fingerprint density at radius 3 is 2.71 bits per heavy atom. The number of amides is 1. The number of nitrogens with zero attached hydrogens (tertiary/aromatic N) is 4. The molecule has 31 heavy (non-hydrogen) atoms. The number of aliphatic carboxylic acids is 1. The topological polar surface area (TPSA) is 136 Å². The van der Waals surface area contributed by atoms with Gasteiger partial charge in [0.25, 0.3) is 5.95 Å². The second-order valence-electron chi connectivity index (χ2n) is 7.15. The average molecular weight is 455 g/mol. The third-order valence-electron chi connectivity index (χ3n) is 5.09. The average Bonchev–Trinajstić information content (AvgIpc) is 3.15. The van der Waals surface area contributed by atoms with E-state index in [1.165, 1.54) is 29.8 Å². The van der Waals surface area contributed by atoms with E-state index in [2.05, 4.69) is 20.4 Å². The fourth-order valence-electron chi connectivity index (χ4n) is 3.44. The number of carboxylic acid groups (broad SMARTS) is 1. The SMILES string of the molecule is CC1(C(=O)O)C(=O)Nc2nc(-n3nc(CCC(F)(F)F)c4cc(Cl)ccc43)nc(N)c21. The van der Waals surface area contributed by atoms with Crippen LogP contribution in [0.15, 0.2) is 18.2 Å². The lowest BCUT2D eigenvalue weighted by Gasteiger charge is -2.17. The summed E-state index contributed by atoms with van der Waals surface area (Å²) in [6.45, 7) is 1.18. The highest BCUT2D eigenvalue weighted by molar-refractivity contribution is 6.31. The van der Waals surface area contributed by atoms with E-state index in [0.29, 0.717) is 15.9 Å². The molecule has 0 saturated carbocycles. The molecule has 1 aliphatic heterocycles. The molecular formula is C18H14ClF3N6O3. The van der Waals surface area contributed by atoms with Crippen LogP contribution in [0.3, 0.4) is 0 Å². The number of nitrogens with two attached hydrogens (primary N) is 1. The van der Waals surface area contributed by atoms with Crippen molar-refractivity contribution < 1.29 is 27.9 Å². The van der Waals surface area contributed by atoms with Gasteiger partial charge < -0.3 is 16.2 Å². The lowest BCUT2D eigenvalue weighted by molar-refractivity contribution is -0.146. The molecule has 13 heteroatoms. The van der Waals surface area contributed by atoms with Gasteiger partial charge in [-0.2, -0.15) is 32.9 Å². The second-order valence-corrected chi connectivity index (χ2v) is 7.59. The summed E-state index contributed by atoms with van der Waals surface area (Å²) in [5.41, 5.74) is 4.38. The number of aryl methyl sites for hydroxylation is 1. The summed E-state index contributed by atoms with van der Waals surface area (Å²) in [5, 5.41) is 16.8. The summed E-state index contributed by atoms with van der Waals surface area (Å²) in [5.74, 6) is -2.78. The van der Waals surface area contributed by atoms with Crippen LogP contribution in [0.1, 0.15) is 24.6 Å². The molecule has 0 radical (unpaired) electrons. The second kappa shape index (κ2) is 6.80. The van der Waals surface area contributed by atoms with Crippen molar-refractivity contribution >= 4 is 46.0 Å². The van der Waals surface area contributed by atoms with Gasteiger partial charge in [-0.15, -0.1) is 0 Å². The van der Waals surface area contributed by atoms with Gasteiger partial charge in [0.1, 0.15) is 11.6 Å². The molecule has 0 spiro atoms. The van der Waals surface area contributed by atoms with Gasteiger partial charge in [0, 0.05) is 23.3 Å². The minimum atomic E-state index is -4.38. The molecule has 0 aliphatic carbocycles. The Morgan fingerprint density at radius 1 is 1.35 bits per heavy atom. The zero-order valence-electron chi connectivity index (χ0n) is 15.8. The number of carbonyl (C=O) groups is 2. The summed E-state index contributed by atoms with van der Waals surface area (Å²) in [7, 11) is 0. The number of anilines is 2. The summed E-state index contributed by atoms with van der Waals surface area (Å²) < 4.78 is 39.4. The van der Waals surface area contributed by atoms with Gasteiger partial charge in [-0.1, -0.05) is 11.6 Å². The van der Waals surface area contributed by atoms with Crippen molar-refractivity contribution in [2.75, 3.05) is 11.1 Å². The number of nitrogens with one attached hydrogen (secondary N) is 1. The van der Waals surface area contributed by atoms with Gasteiger partial charge in [-0.25, -0.2) is 0 Å². The van der Waals surface area contributed by atoms with Crippen LogP contribution in [0, 0.1) is 0 Å². The van der Waals surface area contributed by atoms with E-state index < -0.39 is 36.3 Å². The van der Waals surface area contributed by atoms with E-state index in [4.69, 9.17) is 17.3 Å². The molecule has 2 aromatic heterocycles. The Hall–Kier alpha value is -3.41. The van der Waals surface area contributed by atoms with Crippen LogP contribution in [-0.2, 0) is 21.4 Å². The summed E-state index contributed by atoms with van der Waals surface area (Å²) in [6, 6.07) is 4.54. The number of halogens is 4. The number of fused-ring (bicyclic) bond motifs is 2. The number of alkyl halides is 3. The number of carbonyl (C=O) groups excluding carboxylic acids is 1. The van der Waals surface area contributed by atoms with Crippen molar-refractivity contribution in [1.29, 1.82) is 0 Å². The standard InChI is InChI=1S/C18H14ClF3N6O3/c1-17(15(30)31)11-12(23)24-16(26-13(11)25-14(17)29)28-10-3-2-7(19)6-8(10)9(27-28)4-5-18(20,21)22/h2-3,6H,4-5H2,1H3,(H,30,31)(H3,23,24,25,26,29). The quantitative estimate of drug-likeness (QED) is 0.515. The lowest BCUT2D eigenvalue weighted by Crippen LogP contribution is -2.39. The molecule has 0 fully saturated rings. The van der Waals surface area contributed by atoms with E-state index in [9.17, 15) is 27.9 Å². The Bertz CT molecular complexity index is 1260. The Morgan fingerprint density at radius 2 is 2.06 bits per heavy atom. The molecule has 9 nitrogen and oxygen atoms in total. The zero-order chi connectivity index (χ0) is 22.7. The molecule has 1 atom stereocenters. The van der Waals surface area contributed by atoms with Gasteiger partial charge in [0.05, 0.1) is 16.8 Å². The van der Waals surface area contributed by atoms with Crippen LogP contribution in [-0.4, -0.2) is 42.9 Å². The minimum absolute atomic E-state index is 0.0921. The first-order chi connectivity index (χ1) is 14.4. The first-order valence-corrected chi connectivity index (χ1v) is 9.26. The summed E-state index contributed by atoms with van der Waals surface area (Å²) in [4.78, 5) is 32.2. The van der Waals surface area contributed by atoms with E-state index in [1.807, 2.05) is 0 Å². The van der Waals surface area contributed by atoms with Crippen LogP contribution in [0.2, 0.25) is 5.02 Å². The monoisotopic (exact) mass is 454 g/mol. The van der Waals surface area contributed by atoms with Gasteiger partial charge in [-0.05, 0) is 25.1 Å². The molecule has 0 bridgehead atoms. The fourth-order valence-corrected chi connectivity index (χ4v) is 3.62. The molecule has 1 aromatic carbocycles. The van der Waals surface area contributed by atoms with E-state index in [1.54, 1.807) is 0 Å². The van der Waals surface area contributed by atoms with E-state index in [0.717, 1.165) is 0 Å². The van der Waals surface area contributed by atoms with Crippen LogP contribution in [0.4, 0.5) is 24.8 Å². The van der Waals surface area contributed by atoms with Gasteiger partial charge in [0.15, 0.2) is 5.41 Å². The zero-order valence-corrected chi connectivity index (χ0v) is 16.5. The number of benzene rings is 1. The largest absolute Gasteiger partial charge is 0.480 e. The molecule has 3 heterocycles. The maximum Gasteiger partial charge on any atom is 0.389 e. The molecule has 4 rings (SSSR count). The fraction of sp³-hybridized carbons (Fsp3) is 0.278. The number of carboxylic acids is 1. The maximum absolute atomic E-state index is 12.7. The third kappa shape index (κ3) is 3.32. The van der Waals surface area contributed by atoms with Gasteiger partial charge in [-0.3, -0.25) is 9.59 Å². The van der Waals surface area contributed by atoms with Crippen molar-refractivity contribution in [3.8, 4) is 5.95 Å². The highest BCUT2D eigenvalue weighted by atomic mass is 35.5. The van der Waals surface area contributed by atoms with Crippen LogP contribution < -0.4 is 11.1 Å². The normalized spacial score (nSPS) is 18.3. The molecule has 4 N–H and O–H groups in total. The highest BCUT2D eigenvalue weighted by Crippen LogP contribution is 2.40. The summed E-state index contributed by atoms with van der Waals surface area (Å²) >= 11 is 6.00. The third-order valence-corrected chi connectivity index (χ3v) is 5.33. The number of hydrogen-bond acceptors (Lipinski definition) is 6. The Balaban J connectivity index is 1.87. The van der Waals surface area contributed by atoms with E-state index >= 15 is 0 Å². The smallest absolute Gasteiger partial charge is 0.389 e. The number of aromatic nitrogens is 4.